The van der Waals surface area contributed by atoms with Gasteiger partial charge < -0.3 is 18.8 Å². The highest BCUT2D eigenvalue weighted by Gasteiger charge is 2.29. The lowest BCUT2D eigenvalue weighted by atomic mass is 10.00. The number of fused-ring (bicyclic) bond motifs is 1. The Labute approximate surface area is 288 Å². The Balaban J connectivity index is 1.41. The Morgan fingerprint density at radius 3 is 2.38 bits per heavy atom. The smallest absolute Gasteiger partial charge is 0.315 e. The Morgan fingerprint density at radius 2 is 1.74 bits per heavy atom. The molecule has 3 aromatic rings. The molecule has 0 aromatic heterocycles. The molecule has 3 aromatic carbocycles. The Hall–Kier alpha value is -2.76. The minimum atomic E-state index is -2.27. The number of nitrogens with zero attached hydrogens (tertiary/aromatic N) is 1. The van der Waals surface area contributed by atoms with Crippen molar-refractivity contribution in [1.82, 2.24) is 4.67 Å². The summed E-state index contributed by atoms with van der Waals surface area (Å²) in [6.07, 6.45) is 5.06. The van der Waals surface area contributed by atoms with E-state index in [4.69, 9.17) is 38.3 Å². The van der Waals surface area contributed by atoms with E-state index in [1.165, 1.54) is 12.1 Å². The van der Waals surface area contributed by atoms with E-state index in [2.05, 4.69) is 4.67 Å². The molecule has 5 rings (SSSR count). The molecule has 2 unspecified atom stereocenters. The minimum absolute atomic E-state index is 0.112. The number of rotatable bonds is 11. The molecular weight excluding hydrogens is 677 g/mol. The number of carbonyl (C=O) groups is 2. The zero-order valence-corrected chi connectivity index (χ0v) is 29.9. The van der Waals surface area contributed by atoms with Gasteiger partial charge in [0.05, 0.1) is 25.0 Å². The molecule has 1 saturated heterocycles. The van der Waals surface area contributed by atoms with Gasteiger partial charge in [0, 0.05) is 24.8 Å². The van der Waals surface area contributed by atoms with Gasteiger partial charge in [-0.15, -0.1) is 12.2 Å². The fourth-order valence-electron chi connectivity index (χ4n) is 5.51. The number of morpholine rings is 1. The number of thiol groups is 1. The number of ether oxygens (including phenoxy) is 3. The molecule has 2 aliphatic rings. The highest BCUT2D eigenvalue weighted by molar-refractivity contribution is 8.65. The summed E-state index contributed by atoms with van der Waals surface area (Å²) in [6.45, 7) is 6.51. The molecule has 248 valence electrons. The maximum atomic E-state index is 15.4. The van der Waals surface area contributed by atoms with Gasteiger partial charge in [-0.3, -0.25) is 14.3 Å². The van der Waals surface area contributed by atoms with Crippen molar-refractivity contribution in [2.24, 2.45) is 0 Å². The summed E-state index contributed by atoms with van der Waals surface area (Å²) in [7, 11) is 0. The number of carbonyl (C=O) groups excluding carboxylic acids is 2. The zero-order valence-electron chi connectivity index (χ0n) is 26.5. The molecule has 1 aliphatic carbocycles. The van der Waals surface area contributed by atoms with Crippen LogP contribution >= 0.6 is 17.6 Å². The van der Waals surface area contributed by atoms with Crippen molar-refractivity contribution in [3.63, 3.8) is 0 Å². The number of hydrogen-bond acceptors (Lipinski definition) is 7. The molecule has 1 aliphatic heterocycles. The average Bonchev–Trinajstić information content (AvgIpc) is 3.29. The predicted molar refractivity (Wildman–Crippen MR) is 193 cm³/mol. The normalized spacial score (nSPS) is 17.7. The van der Waals surface area contributed by atoms with Gasteiger partial charge in [-0.25, -0.2) is 4.39 Å². The van der Waals surface area contributed by atoms with Gasteiger partial charge in [0.2, 0.25) is 0 Å². The fourth-order valence-corrected chi connectivity index (χ4v) is 9.39. The first kappa shape index (κ1) is 35.5. The maximum Gasteiger partial charge on any atom is 0.315 e. The molecular formula is C35H37FNO6PS3. The monoisotopic (exact) mass is 713 g/mol. The Kier molecular flexibility index (Phi) is 11.8. The van der Waals surface area contributed by atoms with Gasteiger partial charge in [-0.05, 0) is 125 Å². The van der Waals surface area contributed by atoms with Crippen LogP contribution in [-0.4, -0.2) is 53.7 Å². The molecule has 1 fully saturated rings. The van der Waals surface area contributed by atoms with Crippen molar-refractivity contribution >= 4 is 75.1 Å². The van der Waals surface area contributed by atoms with E-state index in [-0.39, 0.29) is 18.6 Å². The largest absolute Gasteiger partial charge is 0.612 e. The van der Waals surface area contributed by atoms with Crippen LogP contribution < -0.4 is 14.8 Å². The molecule has 1 heterocycles. The van der Waals surface area contributed by atoms with Crippen LogP contribution in [0.4, 0.5) is 4.39 Å². The highest BCUT2D eigenvalue weighted by Crippen LogP contribution is 2.53. The number of allylic oxidation sites excluding steroid dienone is 2. The number of halogens is 1. The van der Waals surface area contributed by atoms with E-state index >= 15 is 4.39 Å². The van der Waals surface area contributed by atoms with Crippen LogP contribution in [0.25, 0.3) is 17.2 Å². The molecule has 7 nitrogen and oxygen atoms in total. The van der Waals surface area contributed by atoms with Crippen molar-refractivity contribution < 1.29 is 32.7 Å². The van der Waals surface area contributed by atoms with Gasteiger partial charge in [0.15, 0.2) is 16.5 Å². The first-order valence-electron chi connectivity index (χ1n) is 15.4. The van der Waals surface area contributed by atoms with E-state index in [0.717, 1.165) is 41.5 Å². The molecule has 2 atom stereocenters. The fraction of sp³-hybridized carbons (Fsp3) is 0.314. The summed E-state index contributed by atoms with van der Waals surface area (Å²) in [5, 5.41) is -1.37. The minimum Gasteiger partial charge on any atom is -0.612 e. The molecule has 47 heavy (non-hydrogen) atoms. The maximum absolute atomic E-state index is 15.4. The van der Waals surface area contributed by atoms with E-state index < -0.39 is 34.3 Å². The quantitative estimate of drug-likeness (QED) is 0.0736. The molecule has 0 spiro atoms. The standard InChI is InChI=1S/C35H37FNO6PS3/c1-4-5-6-34(38)43-33-21-31-28(19-24-7-13-27(14-8-24)47(3)40)23(2)29(30(31)20-32(33)36)22-35(39)42-25-9-11-26(12-10-25)44(45,46)37-15-17-41-18-16-37/h7-14,19-21H,4-6,15-18,22H2,1-3H3,(H,45,46)/b28-19-. The highest BCUT2D eigenvalue weighted by atomic mass is 32.9. The van der Waals surface area contributed by atoms with Crippen LogP contribution in [0, 0.1) is 5.82 Å². The summed E-state index contributed by atoms with van der Waals surface area (Å²) in [4.78, 5) is 26.4. The average molecular weight is 714 g/mol. The number of esters is 2. The third-order valence-corrected chi connectivity index (χ3v) is 14.0. The number of unbranched alkanes of at least 4 members (excludes halogenated alkanes) is 1. The first-order valence-corrected chi connectivity index (χ1v) is 20.8. The lowest BCUT2D eigenvalue weighted by molar-refractivity contribution is -0.135. The van der Waals surface area contributed by atoms with Crippen LogP contribution in [0.5, 0.6) is 11.5 Å². The molecule has 0 amide bonds. The molecule has 0 saturated carbocycles. The molecule has 0 bridgehead atoms. The van der Waals surface area contributed by atoms with Crippen molar-refractivity contribution in [3.8, 4) is 11.5 Å². The second-order valence-corrected chi connectivity index (χ2v) is 19.0. The second kappa shape index (κ2) is 15.6. The van der Waals surface area contributed by atoms with Crippen LogP contribution in [0.1, 0.15) is 56.2 Å². The van der Waals surface area contributed by atoms with Crippen LogP contribution in [0.15, 0.2) is 71.1 Å². The predicted octanol–water partition coefficient (Wildman–Crippen LogP) is 7.18. The van der Waals surface area contributed by atoms with Crippen molar-refractivity contribution in [2.45, 2.75) is 44.4 Å². The van der Waals surface area contributed by atoms with Crippen LogP contribution in [0.2, 0.25) is 0 Å². The van der Waals surface area contributed by atoms with Crippen molar-refractivity contribution in [3.05, 3.63) is 88.7 Å². The van der Waals surface area contributed by atoms with Gasteiger partial charge in [0.25, 0.3) is 0 Å². The zero-order chi connectivity index (χ0) is 33.7. The van der Waals surface area contributed by atoms with Gasteiger partial charge in [0.1, 0.15) is 12.0 Å². The lowest BCUT2D eigenvalue weighted by Gasteiger charge is -2.34. The van der Waals surface area contributed by atoms with Crippen molar-refractivity contribution in [2.75, 3.05) is 32.6 Å². The SMILES string of the molecule is CCCCC(=O)Oc1cc2c(cc1F)C(CC(=O)Oc1ccc(P(=S)(S)N3CCOCC3)cc1)=C(C)/C2=C/c1ccc([S+](C)[O-])cc1. The number of benzene rings is 3. The van der Waals surface area contributed by atoms with Crippen LogP contribution in [0.3, 0.4) is 0 Å². The summed E-state index contributed by atoms with van der Waals surface area (Å²) >= 11 is 9.63. The first-order chi connectivity index (χ1) is 22.5. The van der Waals surface area contributed by atoms with E-state index in [0.29, 0.717) is 47.0 Å². The molecule has 0 N–H and O–H groups in total. The molecule has 0 radical (unpaired) electrons. The Bertz CT molecular complexity index is 1750. The van der Waals surface area contributed by atoms with Crippen LogP contribution in [-0.2, 0) is 37.3 Å². The number of hydrogen-bond donors (Lipinski definition) is 1. The van der Waals surface area contributed by atoms with Crippen molar-refractivity contribution in [1.29, 1.82) is 0 Å². The Morgan fingerprint density at radius 1 is 1.06 bits per heavy atom. The lowest BCUT2D eigenvalue weighted by Crippen LogP contribution is -2.35. The third kappa shape index (κ3) is 8.46. The van der Waals surface area contributed by atoms with Gasteiger partial charge in [-0.1, -0.05) is 25.2 Å². The summed E-state index contributed by atoms with van der Waals surface area (Å²) in [5.41, 5.74) is 4.13. The van der Waals surface area contributed by atoms with E-state index in [9.17, 15) is 14.1 Å². The van der Waals surface area contributed by atoms with Gasteiger partial charge in [-0.2, -0.15) is 0 Å². The third-order valence-electron chi connectivity index (χ3n) is 8.12. The van der Waals surface area contributed by atoms with Gasteiger partial charge >= 0.3 is 11.9 Å². The van der Waals surface area contributed by atoms with E-state index in [1.54, 1.807) is 30.5 Å². The topological polar surface area (TPSA) is 88.1 Å². The summed E-state index contributed by atoms with van der Waals surface area (Å²) in [5.74, 6) is -1.50. The van der Waals surface area contributed by atoms with E-state index in [1.807, 2.05) is 44.2 Å². The summed E-state index contributed by atoms with van der Waals surface area (Å²) in [6, 6.07) is 17.2. The summed E-state index contributed by atoms with van der Waals surface area (Å²) < 4.78 is 46.0. The molecule has 12 heteroatoms. The second-order valence-electron chi connectivity index (χ2n) is 11.3.